The molecule has 1 saturated heterocycles. The number of aromatic nitrogens is 6. The van der Waals surface area contributed by atoms with Gasteiger partial charge in [-0.1, -0.05) is 53.7 Å². The highest BCUT2D eigenvalue weighted by Crippen LogP contribution is 2.49. The van der Waals surface area contributed by atoms with E-state index in [1.807, 2.05) is 48.5 Å². The molecule has 10 heteroatoms. The molecule has 0 bridgehead atoms. The molecule has 2 aliphatic rings. The van der Waals surface area contributed by atoms with Gasteiger partial charge in [0.2, 0.25) is 11.7 Å². The summed E-state index contributed by atoms with van der Waals surface area (Å²) in [6, 6.07) is 15.8. The van der Waals surface area contributed by atoms with Crippen LogP contribution >= 0.6 is 0 Å². The van der Waals surface area contributed by atoms with E-state index in [9.17, 15) is 9.90 Å². The first-order valence-corrected chi connectivity index (χ1v) is 10.9. The van der Waals surface area contributed by atoms with Crippen LogP contribution in [0.1, 0.15) is 29.2 Å². The number of carbonyl (C=O) groups is 1. The number of amides is 1. The zero-order valence-corrected chi connectivity index (χ0v) is 17.7. The highest BCUT2D eigenvalue weighted by molar-refractivity contribution is 5.81. The third kappa shape index (κ3) is 3.39. The minimum atomic E-state index is -0.0455. The van der Waals surface area contributed by atoms with E-state index in [0.717, 1.165) is 28.7 Å². The monoisotopic (exact) mass is 443 g/mol. The number of nitrogens with zero attached hydrogens (tertiary/aromatic N) is 7. The van der Waals surface area contributed by atoms with Gasteiger partial charge in [0, 0.05) is 18.5 Å². The van der Waals surface area contributed by atoms with Gasteiger partial charge in [-0.25, -0.2) is 0 Å². The molecular weight excluding hydrogens is 422 g/mol. The van der Waals surface area contributed by atoms with Crippen LogP contribution < -0.4 is 0 Å². The fraction of sp³-hybridized carbons (Fsp3) is 0.304. The highest BCUT2D eigenvalue weighted by Gasteiger charge is 2.46. The number of benzene rings is 2. The van der Waals surface area contributed by atoms with Gasteiger partial charge in [-0.05, 0) is 34.2 Å². The zero-order valence-electron chi connectivity index (χ0n) is 17.7. The second-order valence-electron chi connectivity index (χ2n) is 8.35. The van der Waals surface area contributed by atoms with Crippen molar-refractivity contribution in [1.82, 2.24) is 35.2 Å². The number of β-amino-alcohol motifs (C(OH)–C–C–N with tert-alkyl or cyclic N) is 1. The largest absolute Gasteiger partial charge is 0.395 e. The molecule has 0 spiro atoms. The Labute approximate surface area is 188 Å². The molecule has 1 amide bonds. The quantitative estimate of drug-likeness (QED) is 0.479. The van der Waals surface area contributed by atoms with Crippen molar-refractivity contribution >= 4 is 5.91 Å². The van der Waals surface area contributed by atoms with Gasteiger partial charge in [0.05, 0.1) is 19.2 Å². The Morgan fingerprint density at radius 2 is 1.94 bits per heavy atom. The molecule has 1 fully saturated rings. The van der Waals surface area contributed by atoms with Crippen molar-refractivity contribution in [3.63, 3.8) is 0 Å². The summed E-state index contributed by atoms with van der Waals surface area (Å²) in [7, 11) is 0. The van der Waals surface area contributed by atoms with Crippen molar-refractivity contribution in [3.05, 3.63) is 65.2 Å². The predicted octanol–water partition coefficient (Wildman–Crippen LogP) is 1.88. The summed E-state index contributed by atoms with van der Waals surface area (Å²) in [6.45, 7) is 0.795. The Morgan fingerprint density at radius 1 is 1.06 bits per heavy atom. The molecule has 6 rings (SSSR count). The van der Waals surface area contributed by atoms with E-state index in [-0.39, 0.29) is 36.2 Å². The molecule has 1 aliphatic heterocycles. The molecule has 2 aromatic carbocycles. The molecule has 0 radical (unpaired) electrons. The smallest absolute Gasteiger partial charge is 0.299 e. The fourth-order valence-corrected chi connectivity index (χ4v) is 4.99. The van der Waals surface area contributed by atoms with Gasteiger partial charge in [-0.3, -0.25) is 4.79 Å². The van der Waals surface area contributed by atoms with E-state index in [4.69, 9.17) is 4.52 Å². The Hall–Kier alpha value is -3.92. The molecule has 1 N–H and O–H groups in total. The molecule has 4 aromatic rings. The summed E-state index contributed by atoms with van der Waals surface area (Å²) >= 11 is 0. The summed E-state index contributed by atoms with van der Waals surface area (Å²) in [5, 5.41) is 26.1. The number of likely N-dealkylation sites (tertiary alicyclic amines) is 1. The second-order valence-corrected chi connectivity index (χ2v) is 8.35. The van der Waals surface area contributed by atoms with Crippen LogP contribution in [0.4, 0.5) is 0 Å². The molecule has 3 heterocycles. The maximum atomic E-state index is 12.4. The van der Waals surface area contributed by atoms with Crippen LogP contribution in [0.3, 0.4) is 0 Å². The first kappa shape index (κ1) is 19.7. The van der Waals surface area contributed by atoms with Gasteiger partial charge in [-0.15, -0.1) is 10.2 Å². The molecule has 2 atom stereocenters. The fourth-order valence-electron chi connectivity index (χ4n) is 4.99. The van der Waals surface area contributed by atoms with E-state index in [1.54, 1.807) is 4.90 Å². The van der Waals surface area contributed by atoms with Crippen LogP contribution in [-0.4, -0.2) is 59.4 Å². The first-order chi connectivity index (χ1) is 16.2. The minimum absolute atomic E-state index is 0.00877. The Kier molecular flexibility index (Phi) is 4.72. The SMILES string of the molecule is O=C1CC2Cc3c(-c4noc(-c5nnn(Cc6ccccc6)n5)n4)cccc3C2N1CCO. The minimum Gasteiger partial charge on any atom is -0.395 e. The topological polar surface area (TPSA) is 123 Å². The van der Waals surface area contributed by atoms with Crippen molar-refractivity contribution in [2.75, 3.05) is 13.2 Å². The lowest BCUT2D eigenvalue weighted by Crippen LogP contribution is -2.30. The molecule has 2 unspecified atom stereocenters. The molecule has 10 nitrogen and oxygen atoms in total. The summed E-state index contributed by atoms with van der Waals surface area (Å²) in [6.07, 6.45) is 1.25. The van der Waals surface area contributed by atoms with E-state index in [2.05, 4.69) is 25.6 Å². The lowest BCUT2D eigenvalue weighted by molar-refractivity contribution is -0.129. The molecular formula is C23H21N7O3. The van der Waals surface area contributed by atoms with Gasteiger partial charge in [-0.2, -0.15) is 9.78 Å². The van der Waals surface area contributed by atoms with E-state index >= 15 is 0 Å². The number of carbonyl (C=O) groups excluding carboxylic acids is 1. The predicted molar refractivity (Wildman–Crippen MR) is 115 cm³/mol. The average Bonchev–Trinajstić information content (AvgIpc) is 3.60. The average molecular weight is 443 g/mol. The Balaban J connectivity index is 1.28. The molecule has 1 aliphatic carbocycles. The van der Waals surface area contributed by atoms with Crippen LogP contribution in [0.2, 0.25) is 0 Å². The normalized spacial score (nSPS) is 19.2. The van der Waals surface area contributed by atoms with Crippen molar-refractivity contribution in [1.29, 1.82) is 0 Å². The van der Waals surface area contributed by atoms with Gasteiger partial charge >= 0.3 is 0 Å². The third-order valence-corrected chi connectivity index (χ3v) is 6.36. The molecule has 0 saturated carbocycles. The van der Waals surface area contributed by atoms with E-state index < -0.39 is 0 Å². The van der Waals surface area contributed by atoms with Gasteiger partial charge in [0.15, 0.2) is 0 Å². The Morgan fingerprint density at radius 3 is 2.79 bits per heavy atom. The number of hydrogen-bond acceptors (Lipinski definition) is 8. The summed E-state index contributed by atoms with van der Waals surface area (Å²) < 4.78 is 5.46. The molecule has 2 aromatic heterocycles. The van der Waals surface area contributed by atoms with Crippen molar-refractivity contribution in [3.8, 4) is 23.1 Å². The standard InChI is InChI=1S/C23H21N7O3/c31-10-9-29-19(32)12-15-11-18-16(20(15)29)7-4-8-17(18)21-24-23(33-27-21)22-25-28-30(26-22)13-14-5-2-1-3-6-14/h1-8,15,20,31H,9-13H2. The van der Waals surface area contributed by atoms with E-state index in [0.29, 0.717) is 25.3 Å². The van der Waals surface area contributed by atoms with Gasteiger partial charge in [0.1, 0.15) is 0 Å². The summed E-state index contributed by atoms with van der Waals surface area (Å²) in [5.41, 5.74) is 4.16. The zero-order chi connectivity index (χ0) is 22.4. The summed E-state index contributed by atoms with van der Waals surface area (Å²) in [5.74, 6) is 1.24. The number of rotatable bonds is 6. The van der Waals surface area contributed by atoms with Crippen molar-refractivity contribution in [2.24, 2.45) is 5.92 Å². The third-order valence-electron chi connectivity index (χ3n) is 6.36. The van der Waals surface area contributed by atoms with Crippen LogP contribution in [-0.2, 0) is 17.8 Å². The first-order valence-electron chi connectivity index (χ1n) is 10.9. The van der Waals surface area contributed by atoms with E-state index in [1.165, 1.54) is 4.80 Å². The molecule has 33 heavy (non-hydrogen) atoms. The number of tetrazole rings is 1. The number of aliphatic hydroxyl groups excluding tert-OH is 1. The van der Waals surface area contributed by atoms with Gasteiger partial charge in [0.25, 0.3) is 11.7 Å². The lowest BCUT2D eigenvalue weighted by Gasteiger charge is -2.24. The lowest BCUT2D eigenvalue weighted by atomic mass is 10.0. The van der Waals surface area contributed by atoms with Gasteiger partial charge < -0.3 is 14.5 Å². The van der Waals surface area contributed by atoms with Crippen LogP contribution in [0.5, 0.6) is 0 Å². The number of aliphatic hydroxyl groups is 1. The van der Waals surface area contributed by atoms with Crippen molar-refractivity contribution in [2.45, 2.75) is 25.4 Å². The Bertz CT molecular complexity index is 1320. The maximum absolute atomic E-state index is 12.4. The van der Waals surface area contributed by atoms with Crippen molar-refractivity contribution < 1.29 is 14.4 Å². The second kappa shape index (κ2) is 7.89. The number of hydrogen-bond donors (Lipinski definition) is 1. The number of fused-ring (bicyclic) bond motifs is 3. The highest BCUT2D eigenvalue weighted by atomic mass is 16.5. The summed E-state index contributed by atoms with van der Waals surface area (Å²) in [4.78, 5) is 20.2. The van der Waals surface area contributed by atoms with Crippen LogP contribution in [0, 0.1) is 5.92 Å². The van der Waals surface area contributed by atoms with Crippen LogP contribution in [0.25, 0.3) is 23.1 Å². The van der Waals surface area contributed by atoms with Crippen LogP contribution in [0.15, 0.2) is 53.1 Å². The molecule has 166 valence electrons. The maximum Gasteiger partial charge on any atom is 0.299 e.